The van der Waals surface area contributed by atoms with Gasteiger partial charge in [-0.3, -0.25) is 20.0 Å². The predicted molar refractivity (Wildman–Crippen MR) is 190 cm³/mol. The lowest BCUT2D eigenvalue weighted by Crippen LogP contribution is -2.27. The molecule has 218 valence electrons. The van der Waals surface area contributed by atoms with Gasteiger partial charge in [-0.05, 0) is 41.5 Å². The van der Waals surface area contributed by atoms with Crippen molar-refractivity contribution in [1.82, 2.24) is 0 Å². The summed E-state index contributed by atoms with van der Waals surface area (Å²) in [4.78, 5) is 20.2. The summed E-state index contributed by atoms with van der Waals surface area (Å²) in [5, 5.41) is 2.07. The molecule has 0 amide bonds. The summed E-state index contributed by atoms with van der Waals surface area (Å²) in [7, 11) is 0. The predicted octanol–water partition coefficient (Wildman–Crippen LogP) is 8.23. The van der Waals surface area contributed by atoms with Gasteiger partial charge in [-0.15, -0.1) is 0 Å². The van der Waals surface area contributed by atoms with Crippen molar-refractivity contribution in [1.29, 1.82) is 0 Å². The molecule has 1 aliphatic heterocycles. The maximum absolute atomic E-state index is 5.10. The van der Waals surface area contributed by atoms with Gasteiger partial charge in [0, 0.05) is 78.1 Å². The highest BCUT2D eigenvalue weighted by molar-refractivity contribution is 6.14. The van der Waals surface area contributed by atoms with Gasteiger partial charge in [-0.25, -0.2) is 0 Å². The molecule has 1 heterocycles. The monoisotopic (exact) mass is 574 g/mol. The van der Waals surface area contributed by atoms with E-state index in [1.54, 1.807) is 0 Å². The number of hydrogen-bond acceptors (Lipinski definition) is 4. The zero-order valence-electron chi connectivity index (χ0n) is 26.4. The Labute approximate surface area is 260 Å². The molecule has 0 N–H and O–H groups in total. The molecule has 4 nitrogen and oxygen atoms in total. The van der Waals surface area contributed by atoms with Crippen LogP contribution < -0.4 is 10.4 Å². The number of rotatable bonds is 0. The Morgan fingerprint density at radius 2 is 0.591 bits per heavy atom. The zero-order valence-corrected chi connectivity index (χ0v) is 26.4. The second kappa shape index (κ2) is 13.0. The van der Waals surface area contributed by atoms with Gasteiger partial charge in [0.15, 0.2) is 0 Å². The van der Waals surface area contributed by atoms with E-state index >= 15 is 0 Å². The van der Waals surface area contributed by atoms with Crippen molar-refractivity contribution in [2.24, 2.45) is 20.0 Å². The first kappa shape index (κ1) is 30.2. The molecule has 0 spiro atoms. The Morgan fingerprint density at radius 3 is 0.932 bits per heavy atom. The topological polar surface area (TPSA) is 49.4 Å². The van der Waals surface area contributed by atoms with Crippen molar-refractivity contribution in [3.63, 3.8) is 0 Å². The molecule has 0 saturated carbocycles. The van der Waals surface area contributed by atoms with Crippen LogP contribution in [0, 0.1) is 0 Å². The smallest absolute Gasteiger partial charge is 0.0640 e. The zero-order chi connectivity index (χ0) is 31.4. The minimum Gasteiger partial charge on any atom is -0.257 e. The molecular formula is C40H38N4. The molecule has 0 atom stereocenters. The third-order valence-corrected chi connectivity index (χ3v) is 7.94. The number of aliphatic imine (C=N–C) groups is 4. The highest BCUT2D eigenvalue weighted by Crippen LogP contribution is 2.25. The van der Waals surface area contributed by atoms with E-state index in [4.69, 9.17) is 20.0 Å². The average Bonchev–Trinajstić information content (AvgIpc) is 3.04. The summed E-state index contributed by atoms with van der Waals surface area (Å²) >= 11 is 0. The van der Waals surface area contributed by atoms with E-state index in [2.05, 4.69) is 75.5 Å². The Morgan fingerprint density at radius 1 is 0.341 bits per heavy atom. The van der Waals surface area contributed by atoms with Gasteiger partial charge in [-0.1, -0.05) is 110 Å². The van der Waals surface area contributed by atoms with E-state index in [0.717, 1.165) is 78.1 Å². The molecule has 5 rings (SSSR count). The summed E-state index contributed by atoms with van der Waals surface area (Å²) in [5.74, 6) is 0. The highest BCUT2D eigenvalue weighted by Gasteiger charge is 2.14. The van der Waals surface area contributed by atoms with Crippen LogP contribution >= 0.6 is 0 Å². The third-order valence-electron chi connectivity index (χ3n) is 7.94. The molecular weight excluding hydrogens is 536 g/mol. The van der Waals surface area contributed by atoms with E-state index in [1.165, 1.54) is 0 Å². The molecule has 44 heavy (non-hydrogen) atoms. The quantitative estimate of drug-likeness (QED) is 0.203. The lowest BCUT2D eigenvalue weighted by molar-refractivity contribution is 1.33. The fraction of sp³-hybridized carbons (Fsp3) is 0.150. The van der Waals surface area contributed by atoms with Gasteiger partial charge in [0.25, 0.3) is 0 Å². The van der Waals surface area contributed by atoms with Gasteiger partial charge in [0.1, 0.15) is 0 Å². The molecule has 0 bridgehead atoms. The molecule has 0 fully saturated rings. The van der Waals surface area contributed by atoms with Crippen LogP contribution in [0.1, 0.15) is 74.9 Å². The summed E-state index contributed by atoms with van der Waals surface area (Å²) in [6.45, 7) is 21.0. The first-order valence-corrected chi connectivity index (χ1v) is 14.8. The number of fused-ring (bicyclic) bond motifs is 4. The lowest BCUT2D eigenvalue weighted by Gasteiger charge is -2.14. The normalized spacial score (nSPS) is 17.1. The van der Waals surface area contributed by atoms with E-state index < -0.39 is 0 Å². The summed E-state index contributed by atoms with van der Waals surface area (Å²) in [6.07, 6.45) is 0. The van der Waals surface area contributed by atoms with E-state index in [-0.39, 0.29) is 0 Å². The first-order valence-electron chi connectivity index (χ1n) is 14.8. The van der Waals surface area contributed by atoms with Crippen molar-refractivity contribution in [3.8, 4) is 0 Å². The van der Waals surface area contributed by atoms with Crippen LogP contribution in [-0.4, -0.2) is 22.8 Å². The Hall–Kier alpha value is -5.22. The Bertz CT molecular complexity index is 1900. The molecule has 4 aromatic rings. The fourth-order valence-electron chi connectivity index (χ4n) is 5.72. The SMILES string of the molecule is C=C1N=C(C)c2ccccc2C(C)=NC(=C)c2ccccc2C(C)=N/C(C)=c2\cccc\c2=C(\C)N=C(C)c2ccccc21. The molecule has 4 aromatic carbocycles. The Balaban J connectivity index is 1.84. The van der Waals surface area contributed by atoms with Crippen molar-refractivity contribution in [2.45, 2.75) is 41.5 Å². The number of nitrogens with zero attached hydrogens (tertiary/aromatic N) is 4. The van der Waals surface area contributed by atoms with Crippen LogP contribution in [0.25, 0.3) is 22.8 Å². The van der Waals surface area contributed by atoms with Gasteiger partial charge >= 0.3 is 0 Å². The molecule has 0 radical (unpaired) electrons. The molecule has 0 aliphatic carbocycles. The molecule has 0 unspecified atom stereocenters. The largest absolute Gasteiger partial charge is 0.257 e. The summed E-state index contributed by atoms with van der Waals surface area (Å²) in [6, 6.07) is 32.8. The van der Waals surface area contributed by atoms with Crippen LogP contribution in [0.15, 0.2) is 130 Å². The van der Waals surface area contributed by atoms with Crippen molar-refractivity contribution >= 4 is 45.6 Å². The summed E-state index contributed by atoms with van der Waals surface area (Å²) in [5.41, 5.74) is 12.5. The highest BCUT2D eigenvalue weighted by atomic mass is 14.8. The minimum absolute atomic E-state index is 0.678. The lowest BCUT2D eigenvalue weighted by atomic mass is 9.98. The van der Waals surface area contributed by atoms with Gasteiger partial charge < -0.3 is 0 Å². The second-order valence-corrected chi connectivity index (χ2v) is 11.0. The molecule has 0 saturated heterocycles. The van der Waals surface area contributed by atoms with E-state index in [0.29, 0.717) is 11.4 Å². The second-order valence-electron chi connectivity index (χ2n) is 11.0. The van der Waals surface area contributed by atoms with Crippen LogP contribution in [0.2, 0.25) is 0 Å². The third kappa shape index (κ3) is 6.25. The van der Waals surface area contributed by atoms with Gasteiger partial charge in [0.2, 0.25) is 0 Å². The van der Waals surface area contributed by atoms with Crippen LogP contribution in [0.4, 0.5) is 0 Å². The van der Waals surface area contributed by atoms with E-state index in [1.807, 2.05) is 76.2 Å². The number of hydrogen-bond donors (Lipinski definition) is 0. The maximum Gasteiger partial charge on any atom is 0.0640 e. The van der Waals surface area contributed by atoms with Crippen LogP contribution in [-0.2, 0) is 0 Å². The average molecular weight is 575 g/mol. The van der Waals surface area contributed by atoms with E-state index in [9.17, 15) is 0 Å². The molecule has 4 heteroatoms. The maximum atomic E-state index is 5.10. The fourth-order valence-corrected chi connectivity index (χ4v) is 5.72. The standard InChI is InChI=1S/C40H38N4/c1-25-33-17-9-10-18-34(33)27(3)42-29(5)37-21-13-14-22-38(37)31(7)44-32(8)40-24-16-15-23-39(40)30(6)43-28(4)36-20-12-11-19-35(36)26(2)41-25/h9-24H,1,6H2,2-5,7-8H3/b37-29+,38-31+,41-26?,42-27?,43-28?,44-32?. The van der Waals surface area contributed by atoms with Crippen molar-refractivity contribution in [3.05, 3.63) is 154 Å². The van der Waals surface area contributed by atoms with Gasteiger partial charge in [0.05, 0.1) is 11.4 Å². The number of benzene rings is 4. The van der Waals surface area contributed by atoms with Crippen LogP contribution in [0.5, 0.6) is 0 Å². The Kier molecular flexibility index (Phi) is 8.91. The minimum atomic E-state index is 0.678. The molecule has 1 aliphatic rings. The van der Waals surface area contributed by atoms with Crippen LogP contribution in [0.3, 0.4) is 0 Å². The first-order chi connectivity index (χ1) is 21.2. The summed E-state index contributed by atoms with van der Waals surface area (Å²) < 4.78 is 0. The van der Waals surface area contributed by atoms with Crippen molar-refractivity contribution in [2.75, 3.05) is 0 Å². The van der Waals surface area contributed by atoms with Crippen molar-refractivity contribution < 1.29 is 0 Å². The molecule has 0 aromatic heterocycles. The van der Waals surface area contributed by atoms with Gasteiger partial charge in [-0.2, -0.15) is 0 Å².